The number of aromatic nitrogens is 4. The van der Waals surface area contributed by atoms with E-state index < -0.39 is 5.97 Å². The van der Waals surface area contributed by atoms with Gasteiger partial charge in [-0.2, -0.15) is 0 Å². The Morgan fingerprint density at radius 2 is 2.41 bits per heavy atom. The fourth-order valence-electron chi connectivity index (χ4n) is 2.97. The number of aryl methyl sites for hydroxylation is 1. The molecule has 6 nitrogen and oxygen atoms in total. The van der Waals surface area contributed by atoms with E-state index in [0.717, 1.165) is 34.8 Å². The fourth-order valence-corrected chi connectivity index (χ4v) is 4.32. The number of hydrogen-bond acceptors (Lipinski definition) is 5. The Bertz CT molecular complexity index is 925. The van der Waals surface area contributed by atoms with Crippen molar-refractivity contribution in [3.63, 3.8) is 0 Å². The Morgan fingerprint density at radius 3 is 3.23 bits per heavy atom. The number of fused-ring (bicyclic) bond motifs is 5. The van der Waals surface area contributed by atoms with Crippen LogP contribution in [0.3, 0.4) is 0 Å². The molecule has 1 aliphatic carbocycles. The molecule has 7 heteroatoms. The number of carboxylic acid groups (broad SMARTS) is 1. The molecule has 1 N–H and O–H groups in total. The lowest BCUT2D eigenvalue weighted by Gasteiger charge is -2.17. The molecule has 1 atom stereocenters. The van der Waals surface area contributed by atoms with Crippen LogP contribution in [0.2, 0.25) is 0 Å². The largest absolute Gasteiger partial charge is 0.478 e. The second-order valence-corrected chi connectivity index (χ2v) is 6.77. The van der Waals surface area contributed by atoms with Crippen LogP contribution in [0.1, 0.15) is 29.6 Å². The highest BCUT2D eigenvalue weighted by molar-refractivity contribution is 7.19. The molecule has 1 aliphatic rings. The van der Waals surface area contributed by atoms with Crippen LogP contribution in [-0.4, -0.2) is 30.7 Å². The van der Waals surface area contributed by atoms with Crippen LogP contribution in [0, 0.1) is 5.92 Å². The van der Waals surface area contributed by atoms with E-state index >= 15 is 0 Å². The molecule has 22 heavy (non-hydrogen) atoms. The molecular weight excluding hydrogens is 300 g/mol. The van der Waals surface area contributed by atoms with Gasteiger partial charge < -0.3 is 5.11 Å². The van der Waals surface area contributed by atoms with Crippen molar-refractivity contribution in [2.75, 3.05) is 0 Å². The first-order chi connectivity index (χ1) is 10.6. The van der Waals surface area contributed by atoms with Crippen molar-refractivity contribution in [2.24, 2.45) is 5.92 Å². The van der Waals surface area contributed by atoms with Crippen molar-refractivity contribution in [3.05, 3.63) is 28.7 Å². The lowest BCUT2D eigenvalue weighted by atomic mass is 9.89. The summed E-state index contributed by atoms with van der Waals surface area (Å²) in [6.45, 7) is 2.28. The molecule has 0 saturated heterocycles. The maximum atomic E-state index is 10.6. The van der Waals surface area contributed by atoms with Gasteiger partial charge in [-0.1, -0.05) is 6.92 Å². The monoisotopic (exact) mass is 314 g/mol. The standard InChI is InChI=1S/C15H14N4O2S/c1-8-2-3-9-10(6-8)22-15-13(9)14-17-11(4-5-12(20)21)18-19(14)7-16-15/h4-5,7-8H,2-3,6H2,1H3,(H,20,21). The summed E-state index contributed by atoms with van der Waals surface area (Å²) in [5.41, 5.74) is 2.11. The minimum atomic E-state index is -1.01. The molecule has 4 rings (SSSR count). The minimum absolute atomic E-state index is 0.390. The molecule has 0 saturated carbocycles. The van der Waals surface area contributed by atoms with Crippen molar-refractivity contribution >= 4 is 39.2 Å². The average Bonchev–Trinajstić information content (AvgIpc) is 3.03. The Hall–Kier alpha value is -2.28. The molecule has 0 spiro atoms. The zero-order valence-corrected chi connectivity index (χ0v) is 12.8. The van der Waals surface area contributed by atoms with Gasteiger partial charge in [0.1, 0.15) is 11.2 Å². The summed E-state index contributed by atoms with van der Waals surface area (Å²) in [7, 11) is 0. The highest BCUT2D eigenvalue weighted by atomic mass is 32.1. The number of hydrogen-bond donors (Lipinski definition) is 1. The molecular formula is C15H14N4O2S. The first-order valence-corrected chi connectivity index (χ1v) is 8.00. The third kappa shape index (κ3) is 2.09. The van der Waals surface area contributed by atoms with Crippen LogP contribution in [0.5, 0.6) is 0 Å². The Kier molecular flexibility index (Phi) is 2.97. The van der Waals surface area contributed by atoms with Crippen molar-refractivity contribution in [2.45, 2.75) is 26.2 Å². The predicted molar refractivity (Wildman–Crippen MR) is 84.0 cm³/mol. The maximum absolute atomic E-state index is 10.6. The van der Waals surface area contributed by atoms with Gasteiger partial charge in [0.25, 0.3) is 0 Å². The second-order valence-electron chi connectivity index (χ2n) is 5.69. The summed E-state index contributed by atoms with van der Waals surface area (Å²) < 4.78 is 1.63. The highest BCUT2D eigenvalue weighted by Gasteiger charge is 2.23. The fraction of sp³-hybridized carbons (Fsp3) is 0.333. The third-order valence-electron chi connectivity index (χ3n) is 4.02. The van der Waals surface area contributed by atoms with Crippen LogP contribution >= 0.6 is 11.3 Å². The number of nitrogens with zero attached hydrogens (tertiary/aromatic N) is 4. The average molecular weight is 314 g/mol. The van der Waals surface area contributed by atoms with E-state index in [2.05, 4.69) is 22.0 Å². The molecule has 0 aromatic carbocycles. The molecule has 3 heterocycles. The van der Waals surface area contributed by atoms with E-state index in [-0.39, 0.29) is 0 Å². The number of carbonyl (C=O) groups is 1. The van der Waals surface area contributed by atoms with E-state index in [1.165, 1.54) is 22.9 Å². The molecule has 0 fully saturated rings. The van der Waals surface area contributed by atoms with Crippen LogP contribution in [0.15, 0.2) is 12.4 Å². The van der Waals surface area contributed by atoms with Gasteiger partial charge in [-0.05, 0) is 36.8 Å². The van der Waals surface area contributed by atoms with E-state index in [1.54, 1.807) is 22.2 Å². The van der Waals surface area contributed by atoms with Gasteiger partial charge in [0, 0.05) is 11.0 Å². The first kappa shape index (κ1) is 13.4. The van der Waals surface area contributed by atoms with Gasteiger partial charge in [-0.3, -0.25) is 0 Å². The molecule has 112 valence electrons. The molecule has 1 unspecified atom stereocenters. The molecule has 0 radical (unpaired) electrons. The Balaban J connectivity index is 1.92. The molecule has 3 aromatic heterocycles. The first-order valence-electron chi connectivity index (χ1n) is 7.18. The summed E-state index contributed by atoms with van der Waals surface area (Å²) in [6.07, 6.45) is 7.42. The van der Waals surface area contributed by atoms with Crippen LogP contribution in [-0.2, 0) is 17.6 Å². The van der Waals surface area contributed by atoms with Gasteiger partial charge in [-0.15, -0.1) is 16.4 Å². The summed E-state index contributed by atoms with van der Waals surface area (Å²) in [5, 5.41) is 14.1. The predicted octanol–water partition coefficient (Wildman–Crippen LogP) is 2.56. The zero-order valence-electron chi connectivity index (χ0n) is 12.0. The van der Waals surface area contributed by atoms with Crippen LogP contribution in [0.4, 0.5) is 0 Å². The van der Waals surface area contributed by atoms with E-state index in [0.29, 0.717) is 11.7 Å². The smallest absolute Gasteiger partial charge is 0.328 e. The number of thiophene rings is 1. The normalized spacial score (nSPS) is 18.3. The van der Waals surface area contributed by atoms with Crippen molar-refractivity contribution < 1.29 is 9.90 Å². The molecule has 0 amide bonds. The summed E-state index contributed by atoms with van der Waals surface area (Å²) >= 11 is 1.74. The summed E-state index contributed by atoms with van der Waals surface area (Å²) in [4.78, 5) is 22.0. The molecule has 0 aliphatic heterocycles. The van der Waals surface area contributed by atoms with Crippen molar-refractivity contribution in [3.8, 4) is 0 Å². The lowest BCUT2D eigenvalue weighted by molar-refractivity contribution is -0.131. The topological polar surface area (TPSA) is 80.4 Å². The summed E-state index contributed by atoms with van der Waals surface area (Å²) in [6, 6.07) is 0. The van der Waals surface area contributed by atoms with Gasteiger partial charge in [0.05, 0.1) is 5.39 Å². The molecule has 0 bridgehead atoms. The minimum Gasteiger partial charge on any atom is -0.478 e. The summed E-state index contributed by atoms with van der Waals surface area (Å²) in [5.74, 6) is 0.0911. The van der Waals surface area contributed by atoms with Gasteiger partial charge in [0.2, 0.25) is 0 Å². The van der Waals surface area contributed by atoms with Gasteiger partial charge in [-0.25, -0.2) is 19.3 Å². The lowest BCUT2D eigenvalue weighted by Crippen LogP contribution is -2.08. The zero-order chi connectivity index (χ0) is 15.3. The van der Waals surface area contributed by atoms with Crippen molar-refractivity contribution in [1.82, 2.24) is 19.6 Å². The third-order valence-corrected chi connectivity index (χ3v) is 5.19. The SMILES string of the molecule is CC1CCc2c(sc3ncn4nc(C=CC(=O)O)nc4c23)C1. The Labute approximate surface area is 130 Å². The number of carboxylic acids is 1. The highest BCUT2D eigenvalue weighted by Crippen LogP contribution is 2.38. The Morgan fingerprint density at radius 1 is 1.55 bits per heavy atom. The van der Waals surface area contributed by atoms with E-state index in [9.17, 15) is 4.79 Å². The maximum Gasteiger partial charge on any atom is 0.328 e. The molecule has 3 aromatic rings. The number of aliphatic carboxylic acids is 1. The van der Waals surface area contributed by atoms with E-state index in [4.69, 9.17) is 5.11 Å². The van der Waals surface area contributed by atoms with Gasteiger partial charge >= 0.3 is 5.97 Å². The van der Waals surface area contributed by atoms with Crippen LogP contribution in [0.25, 0.3) is 21.9 Å². The second kappa shape index (κ2) is 4.88. The number of rotatable bonds is 2. The van der Waals surface area contributed by atoms with Crippen LogP contribution < -0.4 is 0 Å². The quantitative estimate of drug-likeness (QED) is 0.735. The van der Waals surface area contributed by atoms with Crippen molar-refractivity contribution in [1.29, 1.82) is 0 Å². The van der Waals surface area contributed by atoms with E-state index in [1.807, 2.05) is 0 Å². The van der Waals surface area contributed by atoms with Gasteiger partial charge in [0.15, 0.2) is 11.5 Å².